The Morgan fingerprint density at radius 3 is 2.57 bits per heavy atom. The SMILES string of the molecule is O=C1/C(=C\c2ccc(-c3ccc([N+](=O)[O-])cc3Cl)o2)S/C(=N/c2ccccn2)N1c1ccccc1. The number of hydrogen-bond donors (Lipinski definition) is 0. The number of amides is 1. The van der Waals surface area contributed by atoms with Gasteiger partial charge < -0.3 is 4.42 Å². The lowest BCUT2D eigenvalue weighted by atomic mass is 10.1. The fourth-order valence-electron chi connectivity index (χ4n) is 3.39. The molecule has 0 atom stereocenters. The van der Waals surface area contributed by atoms with E-state index in [9.17, 15) is 14.9 Å². The number of rotatable bonds is 5. The smallest absolute Gasteiger partial charge is 0.271 e. The molecule has 1 aliphatic heterocycles. The Labute approximate surface area is 208 Å². The number of aliphatic imine (C=N–C) groups is 1. The summed E-state index contributed by atoms with van der Waals surface area (Å²) in [5.41, 5.74) is 1.08. The van der Waals surface area contributed by atoms with Gasteiger partial charge >= 0.3 is 0 Å². The second kappa shape index (κ2) is 9.57. The lowest BCUT2D eigenvalue weighted by Gasteiger charge is -2.15. The van der Waals surface area contributed by atoms with Crippen molar-refractivity contribution in [3.8, 4) is 11.3 Å². The fourth-order valence-corrected chi connectivity index (χ4v) is 4.63. The van der Waals surface area contributed by atoms with Gasteiger partial charge in [0, 0.05) is 30.0 Å². The van der Waals surface area contributed by atoms with Crippen molar-refractivity contribution in [1.29, 1.82) is 0 Å². The summed E-state index contributed by atoms with van der Waals surface area (Å²) in [6.45, 7) is 0. The summed E-state index contributed by atoms with van der Waals surface area (Å²) in [5, 5.41) is 11.6. The first kappa shape index (κ1) is 22.6. The first-order valence-corrected chi connectivity index (χ1v) is 11.5. The van der Waals surface area contributed by atoms with Crippen molar-refractivity contribution in [2.45, 2.75) is 0 Å². The van der Waals surface area contributed by atoms with Crippen LogP contribution in [0.1, 0.15) is 5.76 Å². The van der Waals surface area contributed by atoms with Crippen LogP contribution in [-0.2, 0) is 4.79 Å². The number of amidine groups is 1. The summed E-state index contributed by atoms with van der Waals surface area (Å²) in [5.74, 6) is 1.09. The van der Waals surface area contributed by atoms with Crippen LogP contribution in [0.5, 0.6) is 0 Å². The molecule has 0 N–H and O–H groups in total. The number of aromatic nitrogens is 1. The Bertz CT molecular complexity index is 1490. The van der Waals surface area contributed by atoms with Crippen molar-refractivity contribution >= 4 is 57.7 Å². The Balaban J connectivity index is 1.49. The number of anilines is 1. The summed E-state index contributed by atoms with van der Waals surface area (Å²) in [4.78, 5) is 34.6. The molecule has 1 aliphatic rings. The molecule has 0 saturated carbocycles. The first-order valence-electron chi connectivity index (χ1n) is 10.3. The van der Waals surface area contributed by atoms with Gasteiger partial charge in [-0.2, -0.15) is 0 Å². The minimum Gasteiger partial charge on any atom is -0.457 e. The maximum absolute atomic E-state index is 13.4. The third-order valence-corrected chi connectivity index (χ3v) is 6.29. The van der Waals surface area contributed by atoms with Crippen molar-refractivity contribution in [2.75, 3.05) is 4.90 Å². The van der Waals surface area contributed by atoms with Crippen molar-refractivity contribution in [2.24, 2.45) is 4.99 Å². The number of non-ortho nitro benzene ring substituents is 1. The second-order valence-electron chi connectivity index (χ2n) is 7.29. The number of nitro groups is 1. The minimum atomic E-state index is -0.515. The number of halogens is 1. The van der Waals surface area contributed by atoms with Crippen molar-refractivity contribution in [1.82, 2.24) is 4.98 Å². The molecule has 0 bridgehead atoms. The highest BCUT2D eigenvalue weighted by molar-refractivity contribution is 8.19. The predicted octanol–water partition coefficient (Wildman–Crippen LogP) is 6.71. The Kier molecular flexibility index (Phi) is 6.17. The average molecular weight is 503 g/mol. The van der Waals surface area contributed by atoms with Gasteiger partial charge in [-0.3, -0.25) is 19.8 Å². The van der Waals surface area contributed by atoms with Crippen LogP contribution in [0, 0.1) is 10.1 Å². The van der Waals surface area contributed by atoms with E-state index in [1.807, 2.05) is 36.4 Å². The van der Waals surface area contributed by atoms with Gasteiger partial charge in [0.05, 0.1) is 20.5 Å². The quantitative estimate of drug-likeness (QED) is 0.171. The van der Waals surface area contributed by atoms with Gasteiger partial charge in [0.15, 0.2) is 11.0 Å². The molecule has 0 aliphatic carbocycles. The van der Waals surface area contributed by atoms with Gasteiger partial charge in [0.25, 0.3) is 11.6 Å². The van der Waals surface area contributed by atoms with Crippen LogP contribution < -0.4 is 4.90 Å². The number of nitro benzene ring substituents is 1. The predicted molar refractivity (Wildman–Crippen MR) is 137 cm³/mol. The maximum Gasteiger partial charge on any atom is 0.271 e. The molecule has 1 saturated heterocycles. The molecule has 2 aromatic heterocycles. The zero-order chi connectivity index (χ0) is 24.4. The van der Waals surface area contributed by atoms with E-state index in [2.05, 4.69) is 9.98 Å². The molecule has 8 nitrogen and oxygen atoms in total. The van der Waals surface area contributed by atoms with E-state index in [-0.39, 0.29) is 16.6 Å². The van der Waals surface area contributed by atoms with E-state index in [4.69, 9.17) is 16.0 Å². The highest BCUT2D eigenvalue weighted by atomic mass is 35.5. The molecule has 5 rings (SSSR count). The molecule has 35 heavy (non-hydrogen) atoms. The third-order valence-electron chi connectivity index (χ3n) is 5.01. The molecule has 3 heterocycles. The molecular formula is C25H15ClN4O4S. The van der Waals surface area contributed by atoms with E-state index < -0.39 is 4.92 Å². The van der Waals surface area contributed by atoms with Crippen molar-refractivity contribution in [3.05, 3.63) is 111 Å². The van der Waals surface area contributed by atoms with Gasteiger partial charge in [-0.25, -0.2) is 9.98 Å². The number of pyridine rings is 1. The largest absolute Gasteiger partial charge is 0.457 e. The third kappa shape index (κ3) is 4.72. The highest BCUT2D eigenvalue weighted by Crippen LogP contribution is 2.38. The van der Waals surface area contributed by atoms with Crippen LogP contribution in [-0.4, -0.2) is 21.0 Å². The van der Waals surface area contributed by atoms with Crippen molar-refractivity contribution < 1.29 is 14.1 Å². The zero-order valence-corrected chi connectivity index (χ0v) is 19.4. The molecule has 2 aromatic carbocycles. The van der Waals surface area contributed by atoms with E-state index >= 15 is 0 Å². The lowest BCUT2D eigenvalue weighted by molar-refractivity contribution is -0.384. The van der Waals surface area contributed by atoms with E-state index in [1.165, 1.54) is 34.9 Å². The average Bonchev–Trinajstić information content (AvgIpc) is 3.44. The molecule has 0 spiro atoms. The monoisotopic (exact) mass is 502 g/mol. The Morgan fingerprint density at radius 2 is 1.86 bits per heavy atom. The van der Waals surface area contributed by atoms with Crippen LogP contribution in [0.2, 0.25) is 5.02 Å². The maximum atomic E-state index is 13.4. The minimum absolute atomic E-state index is 0.110. The van der Waals surface area contributed by atoms with Crippen LogP contribution >= 0.6 is 23.4 Å². The highest BCUT2D eigenvalue weighted by Gasteiger charge is 2.35. The number of carbonyl (C=O) groups excluding carboxylic acids is 1. The number of carbonyl (C=O) groups is 1. The molecule has 1 fully saturated rings. The van der Waals surface area contributed by atoms with E-state index in [0.29, 0.717) is 38.7 Å². The molecular weight excluding hydrogens is 488 g/mol. The number of thioether (sulfide) groups is 1. The standard InChI is InChI=1S/C25H15ClN4O4S/c26-20-14-17(30(32)33)9-11-19(20)21-12-10-18(34-21)15-22-24(31)29(16-6-2-1-3-7-16)25(35-22)28-23-8-4-5-13-27-23/h1-15H/b22-15+,28-25+. The number of benzene rings is 2. The number of hydrogen-bond acceptors (Lipinski definition) is 7. The number of furan rings is 1. The molecule has 1 amide bonds. The normalized spacial score (nSPS) is 15.8. The van der Waals surface area contributed by atoms with E-state index in [1.54, 1.807) is 36.5 Å². The van der Waals surface area contributed by atoms with Crippen LogP contribution in [0.3, 0.4) is 0 Å². The Morgan fingerprint density at radius 1 is 1.06 bits per heavy atom. The summed E-state index contributed by atoms with van der Waals surface area (Å²) in [6.07, 6.45) is 3.27. The summed E-state index contributed by atoms with van der Waals surface area (Å²) in [6, 6.07) is 22.2. The van der Waals surface area contributed by atoms with Gasteiger partial charge in [-0.05, 0) is 54.2 Å². The van der Waals surface area contributed by atoms with Crippen LogP contribution in [0.4, 0.5) is 17.2 Å². The van der Waals surface area contributed by atoms with Crippen molar-refractivity contribution in [3.63, 3.8) is 0 Å². The topological polar surface area (TPSA) is 102 Å². The Hall–Kier alpha value is -4.21. The zero-order valence-electron chi connectivity index (χ0n) is 17.9. The number of nitrogens with zero attached hydrogens (tertiary/aromatic N) is 4. The summed E-state index contributed by atoms with van der Waals surface area (Å²) < 4.78 is 5.89. The first-order chi connectivity index (χ1) is 17.0. The second-order valence-corrected chi connectivity index (χ2v) is 8.71. The molecule has 172 valence electrons. The molecule has 4 aromatic rings. The van der Waals surface area contributed by atoms with Gasteiger partial charge in [-0.1, -0.05) is 35.9 Å². The molecule has 0 radical (unpaired) electrons. The molecule has 0 unspecified atom stereocenters. The van der Waals surface area contributed by atoms with E-state index in [0.717, 1.165) is 0 Å². The fraction of sp³-hybridized carbons (Fsp3) is 0. The van der Waals surface area contributed by atoms with Gasteiger partial charge in [-0.15, -0.1) is 0 Å². The number of para-hydroxylation sites is 1. The summed E-state index contributed by atoms with van der Waals surface area (Å²) >= 11 is 7.44. The summed E-state index contributed by atoms with van der Waals surface area (Å²) in [7, 11) is 0. The molecule has 10 heteroatoms. The van der Waals surface area contributed by atoms with Gasteiger partial charge in [0.1, 0.15) is 11.5 Å². The van der Waals surface area contributed by atoms with Crippen LogP contribution in [0.25, 0.3) is 17.4 Å². The van der Waals surface area contributed by atoms with Crippen LogP contribution in [0.15, 0.2) is 99.4 Å². The van der Waals surface area contributed by atoms with Gasteiger partial charge in [0.2, 0.25) is 0 Å². The lowest BCUT2D eigenvalue weighted by Crippen LogP contribution is -2.28.